The van der Waals surface area contributed by atoms with E-state index < -0.39 is 6.09 Å². The highest BCUT2D eigenvalue weighted by Gasteiger charge is 2.24. The zero-order chi connectivity index (χ0) is 15.4. The van der Waals surface area contributed by atoms with Crippen molar-refractivity contribution in [1.82, 2.24) is 10.2 Å². The van der Waals surface area contributed by atoms with Crippen molar-refractivity contribution in [3.63, 3.8) is 0 Å². The van der Waals surface area contributed by atoms with E-state index in [9.17, 15) is 4.79 Å². The molecule has 2 aromatic rings. The Hall–Kier alpha value is -3.01. The number of benzene rings is 2. The van der Waals surface area contributed by atoms with Gasteiger partial charge in [-0.3, -0.25) is 0 Å². The number of rotatable bonds is 2. The van der Waals surface area contributed by atoms with Crippen LogP contribution in [-0.4, -0.2) is 18.1 Å². The molecule has 1 aliphatic rings. The van der Waals surface area contributed by atoms with Gasteiger partial charge in [-0.25, -0.2) is 9.69 Å². The molecule has 0 radical (unpaired) electrons. The molecular formula is C18H16N2O2. The number of methoxy groups -OCH3 is 1. The first-order valence-electron chi connectivity index (χ1n) is 6.97. The third-order valence-corrected chi connectivity index (χ3v) is 3.41. The molecule has 0 aliphatic carbocycles. The summed E-state index contributed by atoms with van der Waals surface area (Å²) in [5.41, 5.74) is 3.56. The summed E-state index contributed by atoms with van der Waals surface area (Å²) in [4.78, 5) is 13.6. The minimum Gasteiger partial charge on any atom is -0.452 e. The van der Waals surface area contributed by atoms with Crippen molar-refractivity contribution in [2.24, 2.45) is 0 Å². The second-order valence-electron chi connectivity index (χ2n) is 4.76. The average molecular weight is 292 g/mol. The smallest absolute Gasteiger partial charge is 0.418 e. The molecule has 0 aromatic heterocycles. The van der Waals surface area contributed by atoms with E-state index in [-0.39, 0.29) is 0 Å². The van der Waals surface area contributed by atoms with Crippen molar-refractivity contribution in [1.29, 1.82) is 0 Å². The molecule has 0 unspecified atom stereocenters. The molecule has 4 heteroatoms. The molecule has 4 nitrogen and oxygen atoms in total. The van der Waals surface area contributed by atoms with Crippen LogP contribution in [0.25, 0.3) is 11.4 Å². The molecule has 0 saturated carbocycles. The lowest BCUT2D eigenvalue weighted by Crippen LogP contribution is -2.30. The normalized spacial score (nSPS) is 13.8. The highest BCUT2D eigenvalue weighted by atomic mass is 16.5. The van der Waals surface area contributed by atoms with Crippen LogP contribution in [0.15, 0.2) is 73.1 Å². The molecule has 3 rings (SSSR count). The minimum atomic E-state index is -0.426. The maximum Gasteiger partial charge on any atom is 0.418 e. The number of hydrogen-bond donors (Lipinski definition) is 1. The largest absolute Gasteiger partial charge is 0.452 e. The summed E-state index contributed by atoms with van der Waals surface area (Å²) >= 11 is 0. The van der Waals surface area contributed by atoms with Crippen LogP contribution in [0.3, 0.4) is 0 Å². The van der Waals surface area contributed by atoms with Gasteiger partial charge in [0.05, 0.1) is 18.5 Å². The molecule has 0 atom stereocenters. The molecule has 1 N–H and O–H groups in total. The lowest BCUT2D eigenvalue weighted by atomic mass is 10.0. The SMILES string of the molecule is COC(=O)N1C=CNC(c2ccccc2)=C1c1ccccc1. The Morgan fingerprint density at radius 3 is 2.14 bits per heavy atom. The number of hydrogen-bond acceptors (Lipinski definition) is 3. The van der Waals surface area contributed by atoms with Crippen LogP contribution < -0.4 is 5.32 Å². The van der Waals surface area contributed by atoms with Crippen molar-refractivity contribution >= 4 is 17.5 Å². The van der Waals surface area contributed by atoms with Crippen LogP contribution in [0.5, 0.6) is 0 Å². The molecule has 0 saturated heterocycles. The van der Waals surface area contributed by atoms with Gasteiger partial charge in [-0.15, -0.1) is 0 Å². The van der Waals surface area contributed by atoms with Gasteiger partial charge in [0, 0.05) is 23.5 Å². The first kappa shape index (κ1) is 13.9. The molecular weight excluding hydrogens is 276 g/mol. The van der Waals surface area contributed by atoms with Crippen molar-refractivity contribution in [3.8, 4) is 0 Å². The highest BCUT2D eigenvalue weighted by molar-refractivity contribution is 5.97. The summed E-state index contributed by atoms with van der Waals surface area (Å²) in [5, 5.41) is 3.24. The van der Waals surface area contributed by atoms with Crippen LogP contribution in [0.2, 0.25) is 0 Å². The molecule has 0 bridgehead atoms. The van der Waals surface area contributed by atoms with Gasteiger partial charge >= 0.3 is 6.09 Å². The molecule has 22 heavy (non-hydrogen) atoms. The minimum absolute atomic E-state index is 0.426. The van der Waals surface area contributed by atoms with Crippen LogP contribution >= 0.6 is 0 Å². The Labute approximate surface area is 129 Å². The first-order valence-corrected chi connectivity index (χ1v) is 6.97. The van der Waals surface area contributed by atoms with Gasteiger partial charge in [0.15, 0.2) is 0 Å². The van der Waals surface area contributed by atoms with Gasteiger partial charge in [-0.05, 0) is 0 Å². The van der Waals surface area contributed by atoms with Crippen LogP contribution in [0.1, 0.15) is 11.1 Å². The predicted octanol–water partition coefficient (Wildman–Crippen LogP) is 3.66. The number of ether oxygens (including phenoxy) is 1. The van der Waals surface area contributed by atoms with E-state index in [0.29, 0.717) is 0 Å². The summed E-state index contributed by atoms with van der Waals surface area (Å²) in [6.07, 6.45) is 2.97. The van der Waals surface area contributed by atoms with E-state index in [1.807, 2.05) is 60.7 Å². The lowest BCUT2D eigenvalue weighted by molar-refractivity contribution is 0.153. The number of carbonyl (C=O) groups excluding carboxylic acids is 1. The summed E-state index contributed by atoms with van der Waals surface area (Å²) in [6.45, 7) is 0. The summed E-state index contributed by atoms with van der Waals surface area (Å²) < 4.78 is 4.90. The van der Waals surface area contributed by atoms with Crippen molar-refractivity contribution in [2.75, 3.05) is 7.11 Å². The summed E-state index contributed by atoms with van der Waals surface area (Å²) in [7, 11) is 1.38. The lowest BCUT2D eigenvalue weighted by Gasteiger charge is -2.28. The third kappa shape index (κ3) is 2.59. The number of carbonyl (C=O) groups is 1. The Bertz CT molecular complexity index is 721. The van der Waals surface area contributed by atoms with Crippen LogP contribution in [0, 0.1) is 0 Å². The van der Waals surface area contributed by atoms with E-state index in [4.69, 9.17) is 4.74 Å². The Balaban J connectivity index is 2.19. The standard InChI is InChI=1S/C18H16N2O2/c1-22-18(21)20-13-12-19-16(14-8-4-2-5-9-14)17(20)15-10-6-3-7-11-15/h2-13,19H,1H3. The van der Waals surface area contributed by atoms with E-state index in [2.05, 4.69) is 5.32 Å². The topological polar surface area (TPSA) is 41.6 Å². The molecule has 1 heterocycles. The predicted molar refractivity (Wildman–Crippen MR) is 86.2 cm³/mol. The van der Waals surface area contributed by atoms with Crippen LogP contribution in [0.4, 0.5) is 4.79 Å². The van der Waals surface area contributed by atoms with Gasteiger partial charge in [-0.2, -0.15) is 0 Å². The van der Waals surface area contributed by atoms with Crippen molar-refractivity contribution < 1.29 is 9.53 Å². The van der Waals surface area contributed by atoms with Crippen molar-refractivity contribution in [2.45, 2.75) is 0 Å². The van der Waals surface area contributed by atoms with E-state index in [1.54, 1.807) is 12.4 Å². The van der Waals surface area contributed by atoms with Gasteiger partial charge in [0.2, 0.25) is 0 Å². The molecule has 2 aromatic carbocycles. The number of amides is 1. The second kappa shape index (κ2) is 6.18. The second-order valence-corrected chi connectivity index (χ2v) is 4.76. The van der Waals surface area contributed by atoms with Gasteiger partial charge in [0.25, 0.3) is 0 Å². The van der Waals surface area contributed by atoms with Crippen LogP contribution in [-0.2, 0) is 4.74 Å². The fraction of sp³-hybridized carbons (Fsp3) is 0.0556. The van der Waals surface area contributed by atoms with E-state index in [1.165, 1.54) is 12.0 Å². The fourth-order valence-corrected chi connectivity index (χ4v) is 2.41. The monoisotopic (exact) mass is 292 g/mol. The maximum absolute atomic E-state index is 12.1. The van der Waals surface area contributed by atoms with Crippen molar-refractivity contribution in [3.05, 3.63) is 84.2 Å². The van der Waals surface area contributed by atoms with E-state index >= 15 is 0 Å². The number of nitrogens with one attached hydrogen (secondary N) is 1. The van der Waals surface area contributed by atoms with Gasteiger partial charge < -0.3 is 10.1 Å². The molecule has 110 valence electrons. The molecule has 0 spiro atoms. The molecule has 1 amide bonds. The Morgan fingerprint density at radius 2 is 1.55 bits per heavy atom. The Morgan fingerprint density at radius 1 is 0.955 bits per heavy atom. The number of nitrogens with zero attached hydrogens (tertiary/aromatic N) is 1. The quantitative estimate of drug-likeness (QED) is 0.918. The zero-order valence-electron chi connectivity index (χ0n) is 12.2. The summed E-state index contributed by atoms with van der Waals surface area (Å²) in [5.74, 6) is 0. The maximum atomic E-state index is 12.1. The first-order chi connectivity index (χ1) is 10.8. The van der Waals surface area contributed by atoms with Gasteiger partial charge in [-0.1, -0.05) is 60.7 Å². The fourth-order valence-electron chi connectivity index (χ4n) is 2.41. The summed E-state index contributed by atoms with van der Waals surface area (Å²) in [6, 6.07) is 19.7. The molecule has 1 aliphatic heterocycles. The average Bonchev–Trinajstić information content (AvgIpc) is 2.62. The Kier molecular flexibility index (Phi) is 3.92. The highest BCUT2D eigenvalue weighted by Crippen LogP contribution is 2.30. The van der Waals surface area contributed by atoms with Gasteiger partial charge in [0.1, 0.15) is 0 Å². The van der Waals surface area contributed by atoms with E-state index in [0.717, 1.165) is 22.5 Å². The molecule has 0 fully saturated rings. The zero-order valence-corrected chi connectivity index (χ0v) is 12.2. The third-order valence-electron chi connectivity index (χ3n) is 3.41.